The first-order chi connectivity index (χ1) is 18.9. The fourth-order valence-electron chi connectivity index (χ4n) is 5.15. The maximum atomic E-state index is 13.8. The number of carbonyl (C=O) groups is 2. The molecule has 2 heterocycles. The predicted molar refractivity (Wildman–Crippen MR) is 154 cm³/mol. The molecule has 0 saturated heterocycles. The summed E-state index contributed by atoms with van der Waals surface area (Å²) in [6.45, 7) is 0.321. The van der Waals surface area contributed by atoms with Crippen molar-refractivity contribution in [2.45, 2.75) is 38.6 Å². The summed E-state index contributed by atoms with van der Waals surface area (Å²) < 4.78 is 6.54. The molecule has 200 valence electrons. The minimum atomic E-state index is -0.454. The molecule has 4 aromatic rings. The lowest BCUT2D eigenvalue weighted by molar-refractivity contribution is -0.134. The van der Waals surface area contributed by atoms with Gasteiger partial charge in [0.25, 0.3) is 0 Å². The van der Waals surface area contributed by atoms with Gasteiger partial charge in [-0.25, -0.2) is 4.79 Å². The zero-order valence-electron chi connectivity index (χ0n) is 22.1. The SMILES string of the molecule is COC(=O)/C=C/c1cncc(N(Cc2ccc(-c3ccc4c(cnn4C)c3)cc2Cl)C(=O)C2CCCCC2)c1. The minimum absolute atomic E-state index is 0.0303. The molecule has 0 bridgehead atoms. The van der Waals surface area contributed by atoms with Crippen LogP contribution < -0.4 is 4.90 Å². The highest BCUT2D eigenvalue weighted by Gasteiger charge is 2.28. The number of pyridine rings is 1. The molecule has 1 saturated carbocycles. The highest BCUT2D eigenvalue weighted by Crippen LogP contribution is 2.32. The van der Waals surface area contributed by atoms with Gasteiger partial charge in [-0.1, -0.05) is 49.1 Å². The zero-order valence-corrected chi connectivity index (χ0v) is 22.9. The molecule has 0 spiro atoms. The second-order valence-corrected chi connectivity index (χ2v) is 10.3. The van der Waals surface area contributed by atoms with Crippen LogP contribution in [0, 0.1) is 5.92 Å². The molecule has 1 amide bonds. The fraction of sp³-hybridized carbons (Fsp3) is 0.290. The van der Waals surface area contributed by atoms with Gasteiger partial charge < -0.3 is 9.64 Å². The molecule has 0 atom stereocenters. The first kappa shape index (κ1) is 26.6. The number of anilines is 1. The Kier molecular flexibility index (Phi) is 8.07. The molecule has 8 heteroatoms. The average Bonchev–Trinajstić information content (AvgIpc) is 3.35. The van der Waals surface area contributed by atoms with Crippen LogP contribution in [0.5, 0.6) is 0 Å². The number of nitrogens with zero attached hydrogens (tertiary/aromatic N) is 4. The second-order valence-electron chi connectivity index (χ2n) is 9.94. The number of methoxy groups -OCH3 is 1. The standard InChI is InChI=1S/C31H31ClN4O3/c1-35-29-12-11-23(15-26(29)18-34-35)24-9-10-25(28(32)16-24)20-36(31(38)22-6-4-3-5-7-22)27-14-21(17-33-19-27)8-13-30(37)39-2/h8-19,22H,3-7,20H2,1-2H3/b13-8+. The highest BCUT2D eigenvalue weighted by molar-refractivity contribution is 6.31. The number of rotatable bonds is 7. The van der Waals surface area contributed by atoms with E-state index in [0.717, 1.165) is 59.7 Å². The van der Waals surface area contributed by atoms with Crippen molar-refractivity contribution in [3.8, 4) is 11.1 Å². The van der Waals surface area contributed by atoms with Crippen LogP contribution in [-0.2, 0) is 27.9 Å². The summed E-state index contributed by atoms with van der Waals surface area (Å²) >= 11 is 6.82. The van der Waals surface area contributed by atoms with E-state index in [-0.39, 0.29) is 11.8 Å². The van der Waals surface area contributed by atoms with Crippen LogP contribution in [0.1, 0.15) is 43.2 Å². The van der Waals surface area contributed by atoms with E-state index in [1.807, 2.05) is 42.2 Å². The van der Waals surface area contributed by atoms with E-state index in [1.165, 1.54) is 13.2 Å². The molecule has 0 aliphatic heterocycles. The van der Waals surface area contributed by atoms with Gasteiger partial charge in [-0.15, -0.1) is 0 Å². The van der Waals surface area contributed by atoms with Crippen molar-refractivity contribution in [1.29, 1.82) is 0 Å². The lowest BCUT2D eigenvalue weighted by atomic mass is 9.88. The number of halogens is 1. The van der Waals surface area contributed by atoms with Crippen molar-refractivity contribution < 1.29 is 14.3 Å². The van der Waals surface area contributed by atoms with Crippen molar-refractivity contribution in [3.05, 3.63) is 83.3 Å². The van der Waals surface area contributed by atoms with E-state index in [0.29, 0.717) is 22.8 Å². The molecule has 0 unspecified atom stereocenters. The Morgan fingerprint density at radius 3 is 2.59 bits per heavy atom. The highest BCUT2D eigenvalue weighted by atomic mass is 35.5. The van der Waals surface area contributed by atoms with Crippen LogP contribution >= 0.6 is 11.6 Å². The van der Waals surface area contributed by atoms with Gasteiger partial charge in [0.15, 0.2) is 0 Å². The number of carbonyl (C=O) groups excluding carboxylic acids is 2. The first-order valence-electron chi connectivity index (χ1n) is 13.2. The minimum Gasteiger partial charge on any atom is -0.466 e. The lowest BCUT2D eigenvalue weighted by Gasteiger charge is -2.30. The maximum Gasteiger partial charge on any atom is 0.330 e. The van der Waals surface area contributed by atoms with Crippen LogP contribution in [0.15, 0.2) is 67.1 Å². The van der Waals surface area contributed by atoms with Crippen LogP contribution in [0.4, 0.5) is 5.69 Å². The number of benzene rings is 2. The molecule has 7 nitrogen and oxygen atoms in total. The molecule has 1 aliphatic rings. The van der Waals surface area contributed by atoms with E-state index >= 15 is 0 Å². The molecule has 1 aliphatic carbocycles. The monoisotopic (exact) mass is 542 g/mol. The number of amides is 1. The van der Waals surface area contributed by atoms with Gasteiger partial charge >= 0.3 is 5.97 Å². The molecule has 2 aromatic carbocycles. The summed E-state index contributed by atoms with van der Waals surface area (Å²) in [6.07, 6.45) is 13.2. The maximum absolute atomic E-state index is 13.8. The Balaban J connectivity index is 1.45. The van der Waals surface area contributed by atoms with Gasteiger partial charge in [-0.3, -0.25) is 14.5 Å². The van der Waals surface area contributed by atoms with Gasteiger partial charge in [0.05, 0.1) is 37.3 Å². The number of esters is 1. The Morgan fingerprint density at radius 2 is 1.82 bits per heavy atom. The summed E-state index contributed by atoms with van der Waals surface area (Å²) in [7, 11) is 3.26. The average molecular weight is 543 g/mol. The summed E-state index contributed by atoms with van der Waals surface area (Å²) in [5, 5.41) is 5.99. The van der Waals surface area contributed by atoms with Crippen molar-refractivity contribution in [3.63, 3.8) is 0 Å². The third-order valence-corrected chi connectivity index (χ3v) is 7.70. The first-order valence-corrected chi connectivity index (χ1v) is 13.5. The van der Waals surface area contributed by atoms with Gasteiger partial charge in [0, 0.05) is 35.6 Å². The van der Waals surface area contributed by atoms with Crippen molar-refractivity contribution in [1.82, 2.24) is 14.8 Å². The number of hydrogen-bond acceptors (Lipinski definition) is 5. The largest absolute Gasteiger partial charge is 0.466 e. The van der Waals surface area contributed by atoms with Crippen molar-refractivity contribution in [2.75, 3.05) is 12.0 Å². The third kappa shape index (κ3) is 6.04. The number of ether oxygens (including phenoxy) is 1. The Bertz CT molecular complexity index is 1540. The van der Waals surface area contributed by atoms with Gasteiger partial charge in [0.2, 0.25) is 5.91 Å². The Labute approximate surface area is 233 Å². The van der Waals surface area contributed by atoms with Crippen LogP contribution in [0.3, 0.4) is 0 Å². The topological polar surface area (TPSA) is 77.3 Å². The summed E-state index contributed by atoms with van der Waals surface area (Å²) in [6, 6.07) is 14.1. The molecular weight excluding hydrogens is 512 g/mol. The molecule has 0 N–H and O–H groups in total. The third-order valence-electron chi connectivity index (χ3n) is 7.35. The molecule has 2 aromatic heterocycles. The van der Waals surface area contributed by atoms with Crippen LogP contribution in [0.2, 0.25) is 5.02 Å². The van der Waals surface area contributed by atoms with E-state index in [1.54, 1.807) is 23.4 Å². The summed E-state index contributed by atoms with van der Waals surface area (Å²) in [5.74, 6) is -0.407. The predicted octanol–water partition coefficient (Wildman–Crippen LogP) is 6.59. The fourth-order valence-corrected chi connectivity index (χ4v) is 5.39. The number of fused-ring (bicyclic) bond motifs is 1. The van der Waals surface area contributed by atoms with Crippen molar-refractivity contribution in [2.24, 2.45) is 13.0 Å². The van der Waals surface area contributed by atoms with Crippen LogP contribution in [-0.4, -0.2) is 33.8 Å². The normalized spacial score (nSPS) is 14.1. The van der Waals surface area contributed by atoms with E-state index in [9.17, 15) is 9.59 Å². The lowest BCUT2D eigenvalue weighted by Crippen LogP contribution is -2.37. The Hall–Kier alpha value is -3.97. The van der Waals surface area contributed by atoms with E-state index in [2.05, 4.69) is 28.3 Å². The Morgan fingerprint density at radius 1 is 1.05 bits per heavy atom. The number of aromatic nitrogens is 3. The van der Waals surface area contributed by atoms with Crippen LogP contribution in [0.25, 0.3) is 28.1 Å². The quantitative estimate of drug-likeness (QED) is 0.194. The molecule has 0 radical (unpaired) electrons. The van der Waals surface area contributed by atoms with E-state index < -0.39 is 5.97 Å². The molecule has 5 rings (SSSR count). The van der Waals surface area contributed by atoms with E-state index in [4.69, 9.17) is 16.3 Å². The summed E-state index contributed by atoms with van der Waals surface area (Å²) in [5.41, 5.74) is 5.33. The van der Waals surface area contributed by atoms with Gasteiger partial charge in [-0.2, -0.15) is 5.10 Å². The number of aryl methyl sites for hydroxylation is 1. The smallest absolute Gasteiger partial charge is 0.330 e. The zero-order chi connectivity index (χ0) is 27.4. The summed E-state index contributed by atoms with van der Waals surface area (Å²) in [4.78, 5) is 31.5. The van der Waals surface area contributed by atoms with Gasteiger partial charge in [0.1, 0.15) is 0 Å². The van der Waals surface area contributed by atoms with Gasteiger partial charge in [-0.05, 0) is 65.4 Å². The number of hydrogen-bond donors (Lipinski definition) is 0. The molecule has 39 heavy (non-hydrogen) atoms. The second kappa shape index (κ2) is 11.8. The van der Waals surface area contributed by atoms with Crippen molar-refractivity contribution >= 4 is 46.1 Å². The molecular formula is C31H31ClN4O3. The molecule has 1 fully saturated rings.